The van der Waals surface area contributed by atoms with Gasteiger partial charge in [0.05, 0.1) is 16.7 Å². The summed E-state index contributed by atoms with van der Waals surface area (Å²) < 4.78 is 25.0. The first-order valence-corrected chi connectivity index (χ1v) is 11.2. The van der Waals surface area contributed by atoms with Gasteiger partial charge in [0.15, 0.2) is 9.84 Å². The standard InChI is InChI=1S/C24H25NO3S/c1-18(2)23(20-9-5-3-6-10-20)25-24(26)21-15-13-19(14-16-21)17-29(27,28)22-11-7-4-8-12-22/h3-16,18,23H,17H2,1-2H3,(H,25,26)/t23-/m0/s1. The van der Waals surface area contributed by atoms with Crippen LogP contribution in [0, 0.1) is 5.92 Å². The van der Waals surface area contributed by atoms with Crippen molar-refractivity contribution in [2.75, 3.05) is 0 Å². The second kappa shape index (κ2) is 9.05. The molecule has 0 saturated heterocycles. The van der Waals surface area contributed by atoms with Gasteiger partial charge in [-0.2, -0.15) is 0 Å². The van der Waals surface area contributed by atoms with E-state index in [1.54, 1.807) is 54.6 Å². The van der Waals surface area contributed by atoms with Crippen LogP contribution in [0.15, 0.2) is 89.8 Å². The monoisotopic (exact) mass is 407 g/mol. The molecule has 0 unspecified atom stereocenters. The molecule has 0 aromatic heterocycles. The normalized spacial score (nSPS) is 12.5. The van der Waals surface area contributed by atoms with Crippen molar-refractivity contribution in [2.45, 2.75) is 30.5 Å². The number of nitrogens with one attached hydrogen (secondary N) is 1. The Labute approximate surface area is 172 Å². The Morgan fingerprint density at radius 1 is 0.828 bits per heavy atom. The molecule has 3 aromatic carbocycles. The van der Waals surface area contributed by atoms with Crippen LogP contribution in [0.4, 0.5) is 0 Å². The van der Waals surface area contributed by atoms with Crippen LogP contribution in [-0.2, 0) is 15.6 Å². The molecular weight excluding hydrogens is 382 g/mol. The van der Waals surface area contributed by atoms with Crippen molar-refractivity contribution in [1.82, 2.24) is 5.32 Å². The molecule has 0 aliphatic heterocycles. The molecule has 150 valence electrons. The Bertz CT molecular complexity index is 1040. The molecule has 1 amide bonds. The summed E-state index contributed by atoms with van der Waals surface area (Å²) in [6.45, 7) is 4.13. The van der Waals surface area contributed by atoms with Crippen molar-refractivity contribution in [1.29, 1.82) is 0 Å². The minimum atomic E-state index is -3.41. The maximum Gasteiger partial charge on any atom is 0.251 e. The van der Waals surface area contributed by atoms with E-state index in [0.29, 0.717) is 16.0 Å². The Morgan fingerprint density at radius 3 is 1.93 bits per heavy atom. The van der Waals surface area contributed by atoms with E-state index >= 15 is 0 Å². The number of carbonyl (C=O) groups excluding carboxylic acids is 1. The topological polar surface area (TPSA) is 63.2 Å². The van der Waals surface area contributed by atoms with E-state index < -0.39 is 9.84 Å². The van der Waals surface area contributed by atoms with E-state index in [1.165, 1.54) is 0 Å². The van der Waals surface area contributed by atoms with E-state index in [2.05, 4.69) is 19.2 Å². The maximum atomic E-state index is 12.7. The van der Waals surface area contributed by atoms with Crippen molar-refractivity contribution in [3.8, 4) is 0 Å². The Hall–Kier alpha value is -2.92. The maximum absolute atomic E-state index is 12.7. The van der Waals surface area contributed by atoms with Crippen LogP contribution in [0.3, 0.4) is 0 Å². The summed E-state index contributed by atoms with van der Waals surface area (Å²) in [4.78, 5) is 13.0. The molecule has 1 N–H and O–H groups in total. The number of amides is 1. The molecule has 4 nitrogen and oxygen atoms in total. The molecule has 1 atom stereocenters. The van der Waals surface area contributed by atoms with Gasteiger partial charge in [0.25, 0.3) is 5.91 Å². The highest BCUT2D eigenvalue weighted by Crippen LogP contribution is 2.22. The summed E-state index contributed by atoms with van der Waals surface area (Å²) >= 11 is 0. The number of hydrogen-bond acceptors (Lipinski definition) is 3. The van der Waals surface area contributed by atoms with E-state index in [1.807, 2.05) is 30.3 Å². The summed E-state index contributed by atoms with van der Waals surface area (Å²) in [6.07, 6.45) is 0. The number of benzene rings is 3. The van der Waals surface area contributed by atoms with Gasteiger partial charge in [0, 0.05) is 5.56 Å². The van der Waals surface area contributed by atoms with E-state index in [0.717, 1.165) is 5.56 Å². The second-order valence-electron chi connectivity index (χ2n) is 7.37. The zero-order valence-corrected chi connectivity index (χ0v) is 17.4. The van der Waals surface area contributed by atoms with Gasteiger partial charge >= 0.3 is 0 Å². The minimum absolute atomic E-state index is 0.0955. The third-order valence-electron chi connectivity index (χ3n) is 4.79. The first-order valence-electron chi connectivity index (χ1n) is 9.59. The van der Waals surface area contributed by atoms with Crippen LogP contribution in [-0.4, -0.2) is 14.3 Å². The average Bonchev–Trinajstić information content (AvgIpc) is 2.73. The highest BCUT2D eigenvalue weighted by atomic mass is 32.2. The minimum Gasteiger partial charge on any atom is -0.345 e. The molecule has 0 aliphatic carbocycles. The highest BCUT2D eigenvalue weighted by Gasteiger charge is 2.19. The predicted octanol–water partition coefficient (Wildman–Crippen LogP) is 4.79. The Kier molecular flexibility index (Phi) is 6.49. The first kappa shape index (κ1) is 20.8. The molecule has 0 radical (unpaired) electrons. The number of carbonyl (C=O) groups is 1. The smallest absolute Gasteiger partial charge is 0.251 e. The highest BCUT2D eigenvalue weighted by molar-refractivity contribution is 7.90. The van der Waals surface area contributed by atoms with Gasteiger partial charge in [-0.05, 0) is 41.3 Å². The third-order valence-corrected chi connectivity index (χ3v) is 6.49. The molecule has 0 heterocycles. The van der Waals surface area contributed by atoms with Gasteiger partial charge in [0.2, 0.25) is 0 Å². The number of rotatable bonds is 7. The lowest BCUT2D eigenvalue weighted by molar-refractivity contribution is 0.0925. The summed E-state index contributed by atoms with van der Waals surface area (Å²) in [5.74, 6) is -0.0426. The van der Waals surface area contributed by atoms with E-state index in [-0.39, 0.29) is 23.6 Å². The molecular formula is C24H25NO3S. The quantitative estimate of drug-likeness (QED) is 0.613. The molecule has 0 fully saturated rings. The molecule has 0 saturated carbocycles. The largest absolute Gasteiger partial charge is 0.345 e. The number of sulfone groups is 1. The van der Waals surface area contributed by atoms with Crippen LogP contribution in [0.2, 0.25) is 0 Å². The summed E-state index contributed by atoms with van der Waals surface area (Å²) in [5, 5.41) is 3.09. The lowest BCUT2D eigenvalue weighted by atomic mass is 9.95. The molecule has 29 heavy (non-hydrogen) atoms. The third kappa shape index (κ3) is 5.33. The SMILES string of the molecule is CC(C)[C@H](NC(=O)c1ccc(CS(=O)(=O)c2ccccc2)cc1)c1ccccc1. The second-order valence-corrected chi connectivity index (χ2v) is 9.36. The van der Waals surface area contributed by atoms with Crippen molar-refractivity contribution in [3.63, 3.8) is 0 Å². The zero-order chi connectivity index (χ0) is 20.9. The Balaban J connectivity index is 1.72. The summed E-state index contributed by atoms with van der Waals surface area (Å²) in [7, 11) is -3.41. The van der Waals surface area contributed by atoms with Crippen LogP contribution in [0.25, 0.3) is 0 Å². The fourth-order valence-corrected chi connectivity index (χ4v) is 4.57. The van der Waals surface area contributed by atoms with Crippen molar-refractivity contribution >= 4 is 15.7 Å². The van der Waals surface area contributed by atoms with Gasteiger partial charge in [-0.15, -0.1) is 0 Å². The van der Waals surface area contributed by atoms with E-state index in [4.69, 9.17) is 0 Å². The van der Waals surface area contributed by atoms with Crippen molar-refractivity contribution in [3.05, 3.63) is 102 Å². The zero-order valence-electron chi connectivity index (χ0n) is 16.6. The Morgan fingerprint density at radius 2 is 1.38 bits per heavy atom. The molecule has 3 rings (SSSR count). The van der Waals surface area contributed by atoms with Crippen LogP contribution < -0.4 is 5.32 Å². The van der Waals surface area contributed by atoms with Crippen LogP contribution in [0.5, 0.6) is 0 Å². The van der Waals surface area contributed by atoms with Gasteiger partial charge in [-0.1, -0.05) is 74.5 Å². The van der Waals surface area contributed by atoms with E-state index in [9.17, 15) is 13.2 Å². The van der Waals surface area contributed by atoms with Gasteiger partial charge < -0.3 is 5.32 Å². The average molecular weight is 408 g/mol. The van der Waals surface area contributed by atoms with Crippen LogP contribution >= 0.6 is 0 Å². The van der Waals surface area contributed by atoms with Crippen LogP contribution in [0.1, 0.15) is 41.4 Å². The fourth-order valence-electron chi connectivity index (χ4n) is 3.20. The molecule has 0 aliphatic rings. The summed E-state index contributed by atoms with van der Waals surface area (Å²) in [6, 6.07) is 24.9. The lowest BCUT2D eigenvalue weighted by Crippen LogP contribution is -2.31. The molecule has 3 aromatic rings. The predicted molar refractivity (Wildman–Crippen MR) is 115 cm³/mol. The van der Waals surface area contributed by atoms with Crippen molar-refractivity contribution < 1.29 is 13.2 Å². The lowest BCUT2D eigenvalue weighted by Gasteiger charge is -2.23. The van der Waals surface area contributed by atoms with Gasteiger partial charge in [-0.25, -0.2) is 8.42 Å². The molecule has 5 heteroatoms. The fraction of sp³-hybridized carbons (Fsp3) is 0.208. The molecule has 0 bridgehead atoms. The van der Waals surface area contributed by atoms with Gasteiger partial charge in [-0.3, -0.25) is 4.79 Å². The van der Waals surface area contributed by atoms with Crippen molar-refractivity contribution in [2.24, 2.45) is 5.92 Å². The first-order chi connectivity index (χ1) is 13.9. The molecule has 0 spiro atoms. The number of hydrogen-bond donors (Lipinski definition) is 1. The van der Waals surface area contributed by atoms with Gasteiger partial charge in [0.1, 0.15) is 0 Å². The summed E-state index contributed by atoms with van der Waals surface area (Å²) in [5.41, 5.74) is 2.21.